The molecular formula is C37H41N3O5S. The molecule has 5 rings (SSSR count). The van der Waals surface area contributed by atoms with E-state index in [0.29, 0.717) is 32.5 Å². The number of hydrogen-bond acceptors (Lipinski definition) is 5. The quantitative estimate of drug-likeness (QED) is 0.200. The summed E-state index contributed by atoms with van der Waals surface area (Å²) in [5.41, 5.74) is 3.65. The zero-order valence-corrected chi connectivity index (χ0v) is 27.0. The average Bonchev–Trinajstić information content (AvgIpc) is 3.65. The maximum atomic E-state index is 14.0. The highest BCUT2D eigenvalue weighted by Crippen LogP contribution is 2.22. The van der Waals surface area contributed by atoms with Gasteiger partial charge < -0.3 is 15.0 Å². The van der Waals surface area contributed by atoms with Crippen molar-refractivity contribution in [2.24, 2.45) is 0 Å². The molecule has 0 bridgehead atoms. The van der Waals surface area contributed by atoms with Crippen LogP contribution in [-0.2, 0) is 45.5 Å². The van der Waals surface area contributed by atoms with Crippen LogP contribution < -0.4 is 10.1 Å². The molecule has 1 atom stereocenters. The van der Waals surface area contributed by atoms with Crippen LogP contribution in [0.1, 0.15) is 41.5 Å². The van der Waals surface area contributed by atoms with Gasteiger partial charge in [0.05, 0.1) is 12.0 Å². The van der Waals surface area contributed by atoms with E-state index < -0.39 is 16.1 Å². The zero-order chi connectivity index (χ0) is 32.4. The second kappa shape index (κ2) is 15.7. The smallest absolute Gasteiger partial charge is 0.243 e. The Morgan fingerprint density at radius 3 is 1.98 bits per heavy atom. The second-order valence-electron chi connectivity index (χ2n) is 11.5. The summed E-state index contributed by atoms with van der Waals surface area (Å²) in [6.07, 6.45) is 2.70. The Balaban J connectivity index is 1.34. The lowest BCUT2D eigenvalue weighted by atomic mass is 10.0. The number of sulfonamides is 1. The number of carbonyl (C=O) groups excluding carboxylic acids is 2. The molecular weight excluding hydrogens is 598 g/mol. The van der Waals surface area contributed by atoms with E-state index in [1.807, 2.05) is 84.9 Å². The topological polar surface area (TPSA) is 96.0 Å². The summed E-state index contributed by atoms with van der Waals surface area (Å²) in [5, 5.41) is 3.06. The standard InChI is InChI=1S/C37H41N3O5S/c1-45-33-19-14-31(15-20-33)27-38-37(42)35(26-30-10-4-2-5-11-30)40(28-32-12-6-3-7-13-32)36(41)23-18-29-16-21-34(22-17-29)46(43,44)39-24-8-9-25-39/h2-7,10-17,19-22,35H,8-9,18,23-28H2,1H3,(H,38,42)/t35-/m1/s1. The third-order valence-electron chi connectivity index (χ3n) is 8.35. The number of hydrogen-bond donors (Lipinski definition) is 1. The SMILES string of the molecule is COc1ccc(CNC(=O)[C@@H](Cc2ccccc2)N(Cc2ccccc2)C(=O)CCc2ccc(S(=O)(=O)N3CCCC3)cc2)cc1. The zero-order valence-electron chi connectivity index (χ0n) is 26.2. The first kappa shape index (κ1) is 32.9. The van der Waals surface area contributed by atoms with Crippen molar-refractivity contribution in [1.29, 1.82) is 0 Å². The van der Waals surface area contributed by atoms with Gasteiger partial charge in [-0.3, -0.25) is 9.59 Å². The number of carbonyl (C=O) groups is 2. The van der Waals surface area contributed by atoms with Crippen LogP contribution in [0.3, 0.4) is 0 Å². The lowest BCUT2D eigenvalue weighted by Crippen LogP contribution is -2.50. The van der Waals surface area contributed by atoms with Crippen LogP contribution in [0.4, 0.5) is 0 Å². The van der Waals surface area contributed by atoms with Crippen molar-refractivity contribution in [3.63, 3.8) is 0 Å². The van der Waals surface area contributed by atoms with Gasteiger partial charge in [-0.1, -0.05) is 84.9 Å². The highest BCUT2D eigenvalue weighted by Gasteiger charge is 2.30. The Bertz CT molecular complexity index is 1670. The van der Waals surface area contributed by atoms with Gasteiger partial charge in [-0.15, -0.1) is 0 Å². The maximum absolute atomic E-state index is 14.0. The molecule has 1 fully saturated rings. The van der Waals surface area contributed by atoms with Gasteiger partial charge in [-0.25, -0.2) is 8.42 Å². The summed E-state index contributed by atoms with van der Waals surface area (Å²) < 4.78 is 32.7. The third kappa shape index (κ3) is 8.62. The van der Waals surface area contributed by atoms with Crippen molar-refractivity contribution < 1.29 is 22.7 Å². The molecule has 0 aromatic heterocycles. The highest BCUT2D eigenvalue weighted by molar-refractivity contribution is 7.89. The summed E-state index contributed by atoms with van der Waals surface area (Å²) in [5.74, 6) is 0.345. The van der Waals surface area contributed by atoms with Crippen LogP contribution in [0.15, 0.2) is 114 Å². The van der Waals surface area contributed by atoms with E-state index in [9.17, 15) is 18.0 Å². The number of nitrogens with zero attached hydrogens (tertiary/aromatic N) is 2. The monoisotopic (exact) mass is 639 g/mol. The Morgan fingerprint density at radius 1 is 0.783 bits per heavy atom. The molecule has 8 nitrogen and oxygen atoms in total. The first-order valence-electron chi connectivity index (χ1n) is 15.7. The fraction of sp³-hybridized carbons (Fsp3) is 0.297. The molecule has 1 aliphatic rings. The molecule has 0 spiro atoms. The molecule has 4 aromatic carbocycles. The van der Waals surface area contributed by atoms with E-state index in [1.165, 1.54) is 4.31 Å². The molecule has 4 aromatic rings. The minimum absolute atomic E-state index is 0.154. The molecule has 1 aliphatic heterocycles. The molecule has 46 heavy (non-hydrogen) atoms. The van der Waals surface area contributed by atoms with E-state index in [2.05, 4.69) is 5.32 Å². The van der Waals surface area contributed by atoms with Gasteiger partial charge in [0.15, 0.2) is 0 Å². The van der Waals surface area contributed by atoms with Crippen molar-refractivity contribution in [1.82, 2.24) is 14.5 Å². The largest absolute Gasteiger partial charge is 0.497 e. The van der Waals surface area contributed by atoms with Crippen molar-refractivity contribution in [3.05, 3.63) is 131 Å². The van der Waals surface area contributed by atoms with Crippen LogP contribution in [0, 0.1) is 0 Å². The van der Waals surface area contributed by atoms with Gasteiger partial charge in [0, 0.05) is 39.0 Å². The van der Waals surface area contributed by atoms with Crippen LogP contribution in [-0.4, -0.2) is 55.7 Å². The number of rotatable bonds is 14. The maximum Gasteiger partial charge on any atom is 0.243 e. The Morgan fingerprint density at radius 2 is 1.37 bits per heavy atom. The van der Waals surface area contributed by atoms with Crippen LogP contribution in [0.25, 0.3) is 0 Å². The van der Waals surface area contributed by atoms with Gasteiger partial charge in [0.1, 0.15) is 11.8 Å². The van der Waals surface area contributed by atoms with Gasteiger partial charge in [-0.2, -0.15) is 4.31 Å². The molecule has 0 saturated carbocycles. The van der Waals surface area contributed by atoms with Crippen molar-refractivity contribution in [2.45, 2.75) is 56.1 Å². The van der Waals surface area contributed by atoms with Crippen LogP contribution >= 0.6 is 0 Å². The highest BCUT2D eigenvalue weighted by atomic mass is 32.2. The van der Waals surface area contributed by atoms with Gasteiger partial charge in [0.2, 0.25) is 21.8 Å². The van der Waals surface area contributed by atoms with E-state index in [4.69, 9.17) is 4.74 Å². The molecule has 0 unspecified atom stereocenters. The fourth-order valence-electron chi connectivity index (χ4n) is 5.68. The fourth-order valence-corrected chi connectivity index (χ4v) is 7.20. The summed E-state index contributed by atoms with van der Waals surface area (Å²) in [4.78, 5) is 29.9. The third-order valence-corrected chi connectivity index (χ3v) is 10.3. The Kier molecular flexibility index (Phi) is 11.2. The predicted molar refractivity (Wildman–Crippen MR) is 179 cm³/mol. The number of methoxy groups -OCH3 is 1. The van der Waals surface area contributed by atoms with E-state index >= 15 is 0 Å². The molecule has 0 radical (unpaired) electrons. The lowest BCUT2D eigenvalue weighted by molar-refractivity contribution is -0.141. The summed E-state index contributed by atoms with van der Waals surface area (Å²) in [6.45, 7) is 1.69. The van der Waals surface area contributed by atoms with E-state index in [0.717, 1.165) is 40.8 Å². The van der Waals surface area contributed by atoms with Crippen LogP contribution in [0.5, 0.6) is 5.75 Å². The van der Waals surface area contributed by atoms with E-state index in [-0.39, 0.29) is 29.7 Å². The molecule has 1 N–H and O–H groups in total. The summed E-state index contributed by atoms with van der Waals surface area (Å²) in [6, 6.07) is 33.0. The average molecular weight is 640 g/mol. The molecule has 2 amide bonds. The molecule has 1 heterocycles. The van der Waals surface area contributed by atoms with Crippen molar-refractivity contribution >= 4 is 21.8 Å². The van der Waals surface area contributed by atoms with Gasteiger partial charge in [-0.05, 0) is 65.8 Å². The second-order valence-corrected chi connectivity index (χ2v) is 13.5. The number of ether oxygens (including phenoxy) is 1. The number of amides is 2. The number of benzene rings is 4. The van der Waals surface area contributed by atoms with Crippen molar-refractivity contribution in [2.75, 3.05) is 20.2 Å². The van der Waals surface area contributed by atoms with Gasteiger partial charge in [0.25, 0.3) is 0 Å². The minimum atomic E-state index is -3.51. The molecule has 1 saturated heterocycles. The minimum Gasteiger partial charge on any atom is -0.497 e. The van der Waals surface area contributed by atoms with E-state index in [1.54, 1.807) is 36.3 Å². The lowest BCUT2D eigenvalue weighted by Gasteiger charge is -2.32. The first-order chi connectivity index (χ1) is 22.3. The van der Waals surface area contributed by atoms with Crippen molar-refractivity contribution in [3.8, 4) is 5.75 Å². The Hall–Kier alpha value is -4.47. The molecule has 0 aliphatic carbocycles. The molecule has 9 heteroatoms. The Labute approximate surface area is 272 Å². The normalized spacial score (nSPS) is 14.0. The summed E-state index contributed by atoms with van der Waals surface area (Å²) >= 11 is 0. The first-order valence-corrected chi connectivity index (χ1v) is 17.1. The number of aryl methyl sites for hydroxylation is 1. The number of nitrogens with one attached hydrogen (secondary N) is 1. The van der Waals surface area contributed by atoms with Crippen LogP contribution in [0.2, 0.25) is 0 Å². The van der Waals surface area contributed by atoms with Gasteiger partial charge >= 0.3 is 0 Å². The summed E-state index contributed by atoms with van der Waals surface area (Å²) in [7, 11) is -1.90. The predicted octanol–water partition coefficient (Wildman–Crippen LogP) is 5.37. The molecule has 240 valence electrons.